The van der Waals surface area contributed by atoms with Crippen molar-refractivity contribution in [2.24, 2.45) is 0 Å². The standard InChI is InChI=1S/C23H22O7/c1-13-9-14(2)20-19(10-13)30-23(24)21-15-11-17-18(12-16(15)29-22(20)21)28-8-6-26-4-3-25-5-7-27-17/h9-12H,3-8H2,1-2H3. The topological polar surface area (TPSA) is 80.3 Å². The van der Waals surface area contributed by atoms with Crippen molar-refractivity contribution >= 4 is 32.9 Å². The van der Waals surface area contributed by atoms with Crippen molar-refractivity contribution in [1.82, 2.24) is 0 Å². The molecule has 1 aliphatic heterocycles. The molecular weight excluding hydrogens is 388 g/mol. The Morgan fingerprint density at radius 1 is 0.700 bits per heavy atom. The van der Waals surface area contributed by atoms with Crippen LogP contribution in [0.5, 0.6) is 11.5 Å². The average Bonchev–Trinajstić information content (AvgIpc) is 3.05. The lowest BCUT2D eigenvalue weighted by molar-refractivity contribution is 0.0224. The Morgan fingerprint density at radius 2 is 1.37 bits per heavy atom. The Balaban J connectivity index is 1.72. The summed E-state index contributed by atoms with van der Waals surface area (Å²) in [4.78, 5) is 12.8. The summed E-state index contributed by atoms with van der Waals surface area (Å²) in [7, 11) is 0. The lowest BCUT2D eigenvalue weighted by Crippen LogP contribution is -2.15. The Hall–Kier alpha value is -3.03. The van der Waals surface area contributed by atoms with E-state index in [1.165, 1.54) is 0 Å². The van der Waals surface area contributed by atoms with Gasteiger partial charge in [-0.05, 0) is 37.1 Å². The monoisotopic (exact) mass is 410 g/mol. The third-order valence-electron chi connectivity index (χ3n) is 5.17. The Kier molecular flexibility index (Phi) is 4.84. The van der Waals surface area contributed by atoms with Gasteiger partial charge in [-0.3, -0.25) is 0 Å². The number of hydrogen-bond acceptors (Lipinski definition) is 7. The van der Waals surface area contributed by atoms with Crippen LogP contribution in [0.15, 0.2) is 37.9 Å². The molecule has 0 saturated carbocycles. The van der Waals surface area contributed by atoms with E-state index in [4.69, 9.17) is 27.8 Å². The van der Waals surface area contributed by atoms with E-state index < -0.39 is 5.63 Å². The van der Waals surface area contributed by atoms with Crippen LogP contribution in [-0.4, -0.2) is 39.6 Å². The zero-order chi connectivity index (χ0) is 20.7. The molecule has 2 aromatic heterocycles. The van der Waals surface area contributed by atoms with Crippen molar-refractivity contribution < 1.29 is 27.8 Å². The Morgan fingerprint density at radius 3 is 2.10 bits per heavy atom. The zero-order valence-electron chi connectivity index (χ0n) is 16.9. The van der Waals surface area contributed by atoms with Gasteiger partial charge in [-0.15, -0.1) is 0 Å². The van der Waals surface area contributed by atoms with Crippen molar-refractivity contribution in [2.75, 3.05) is 39.6 Å². The summed E-state index contributed by atoms with van der Waals surface area (Å²) in [5.41, 5.74) is 3.14. The first-order chi connectivity index (χ1) is 14.6. The molecule has 0 fully saturated rings. The molecule has 1 aliphatic rings. The molecule has 30 heavy (non-hydrogen) atoms. The quantitative estimate of drug-likeness (QED) is 0.404. The van der Waals surface area contributed by atoms with E-state index in [0.717, 1.165) is 16.5 Å². The van der Waals surface area contributed by atoms with Gasteiger partial charge in [-0.1, -0.05) is 6.07 Å². The summed E-state index contributed by atoms with van der Waals surface area (Å²) in [5.74, 6) is 1.06. The largest absolute Gasteiger partial charge is 0.487 e. The number of aryl methyl sites for hydroxylation is 2. The summed E-state index contributed by atoms with van der Waals surface area (Å²) in [6, 6.07) is 7.42. The number of fused-ring (bicyclic) bond motifs is 6. The van der Waals surface area contributed by atoms with Crippen LogP contribution in [0.1, 0.15) is 11.1 Å². The molecule has 7 nitrogen and oxygen atoms in total. The fourth-order valence-corrected chi connectivity index (χ4v) is 3.90. The molecule has 2 aromatic carbocycles. The third-order valence-corrected chi connectivity index (χ3v) is 5.17. The molecule has 0 radical (unpaired) electrons. The van der Waals surface area contributed by atoms with Crippen molar-refractivity contribution in [1.29, 1.82) is 0 Å². The van der Waals surface area contributed by atoms with Gasteiger partial charge in [0, 0.05) is 11.5 Å². The lowest BCUT2D eigenvalue weighted by Gasteiger charge is -2.15. The predicted molar refractivity (Wildman–Crippen MR) is 112 cm³/mol. The smallest absolute Gasteiger partial charge is 0.348 e. The van der Waals surface area contributed by atoms with Crippen molar-refractivity contribution in [3.63, 3.8) is 0 Å². The maximum absolute atomic E-state index is 12.8. The first-order valence-electron chi connectivity index (χ1n) is 9.97. The minimum absolute atomic E-state index is 0.355. The van der Waals surface area contributed by atoms with Gasteiger partial charge < -0.3 is 27.8 Å². The molecule has 7 heteroatoms. The second-order valence-corrected chi connectivity index (χ2v) is 7.37. The highest BCUT2D eigenvalue weighted by molar-refractivity contribution is 6.14. The number of furan rings is 1. The molecule has 4 aromatic rings. The van der Waals surface area contributed by atoms with Crippen LogP contribution in [0.2, 0.25) is 0 Å². The van der Waals surface area contributed by atoms with E-state index in [1.807, 2.05) is 26.0 Å². The zero-order valence-corrected chi connectivity index (χ0v) is 16.9. The van der Waals surface area contributed by atoms with E-state index in [2.05, 4.69) is 0 Å². The van der Waals surface area contributed by atoms with E-state index in [-0.39, 0.29) is 0 Å². The first kappa shape index (κ1) is 19.0. The van der Waals surface area contributed by atoms with Crippen molar-refractivity contribution in [2.45, 2.75) is 13.8 Å². The molecule has 156 valence electrons. The number of rotatable bonds is 0. The summed E-state index contributed by atoms with van der Waals surface area (Å²) in [6.07, 6.45) is 0. The molecule has 0 atom stereocenters. The molecule has 0 amide bonds. The van der Waals surface area contributed by atoms with Crippen LogP contribution in [0.3, 0.4) is 0 Å². The van der Waals surface area contributed by atoms with Gasteiger partial charge in [0.15, 0.2) is 17.1 Å². The van der Waals surface area contributed by atoms with Crippen LogP contribution < -0.4 is 15.1 Å². The molecule has 0 saturated heterocycles. The highest BCUT2D eigenvalue weighted by Gasteiger charge is 2.20. The molecule has 0 spiro atoms. The van der Waals surface area contributed by atoms with Gasteiger partial charge in [0.05, 0.1) is 31.8 Å². The van der Waals surface area contributed by atoms with Gasteiger partial charge in [0.1, 0.15) is 29.8 Å². The Bertz CT molecular complexity index is 1300. The summed E-state index contributed by atoms with van der Waals surface area (Å²) in [5, 5.41) is 1.83. The van der Waals surface area contributed by atoms with Gasteiger partial charge >= 0.3 is 5.63 Å². The van der Waals surface area contributed by atoms with Crippen molar-refractivity contribution in [3.05, 3.63) is 45.8 Å². The minimum Gasteiger partial charge on any atom is -0.487 e. The molecule has 0 unspecified atom stereocenters. The average molecular weight is 410 g/mol. The van der Waals surface area contributed by atoms with Crippen LogP contribution in [-0.2, 0) is 9.47 Å². The molecule has 0 N–H and O–H groups in total. The molecule has 0 bridgehead atoms. The van der Waals surface area contributed by atoms with E-state index in [1.54, 1.807) is 12.1 Å². The van der Waals surface area contributed by atoms with Crippen LogP contribution in [0.4, 0.5) is 0 Å². The van der Waals surface area contributed by atoms with Gasteiger partial charge in [0.25, 0.3) is 0 Å². The van der Waals surface area contributed by atoms with Crippen LogP contribution in [0.25, 0.3) is 32.9 Å². The fraction of sp³-hybridized carbons (Fsp3) is 0.348. The van der Waals surface area contributed by atoms with Gasteiger partial charge in [-0.2, -0.15) is 0 Å². The summed E-state index contributed by atoms with van der Waals surface area (Å²) in [6.45, 7) is 6.56. The van der Waals surface area contributed by atoms with E-state index >= 15 is 0 Å². The number of ether oxygens (including phenoxy) is 4. The van der Waals surface area contributed by atoms with Gasteiger partial charge in [0.2, 0.25) is 0 Å². The van der Waals surface area contributed by atoms with E-state index in [0.29, 0.717) is 78.7 Å². The van der Waals surface area contributed by atoms with Crippen LogP contribution in [0, 0.1) is 13.8 Å². The van der Waals surface area contributed by atoms with Crippen LogP contribution >= 0.6 is 0 Å². The lowest BCUT2D eigenvalue weighted by atomic mass is 10.0. The first-order valence-corrected chi connectivity index (χ1v) is 9.97. The summed E-state index contributed by atoms with van der Waals surface area (Å²) < 4.78 is 34.5. The maximum Gasteiger partial charge on any atom is 0.348 e. The number of benzene rings is 2. The number of hydrogen-bond donors (Lipinski definition) is 0. The molecule has 3 heterocycles. The summed E-state index contributed by atoms with van der Waals surface area (Å²) >= 11 is 0. The Labute approximate surface area is 172 Å². The molecular formula is C23H22O7. The highest BCUT2D eigenvalue weighted by atomic mass is 16.6. The third kappa shape index (κ3) is 3.30. The molecule has 5 rings (SSSR count). The highest BCUT2D eigenvalue weighted by Crippen LogP contribution is 2.39. The fourth-order valence-electron chi connectivity index (χ4n) is 3.90. The second kappa shape index (κ2) is 7.66. The maximum atomic E-state index is 12.8. The second-order valence-electron chi connectivity index (χ2n) is 7.37. The molecule has 0 aliphatic carbocycles. The van der Waals surface area contributed by atoms with E-state index in [9.17, 15) is 4.79 Å². The predicted octanol–water partition coefficient (Wildman–Crippen LogP) is 4.11. The minimum atomic E-state index is -0.438. The SMILES string of the molecule is Cc1cc(C)c2c(c1)oc(=O)c1c3cc4c(cc3oc21)OCCOCCOCCO4. The normalized spacial score (nSPS) is 15.9. The van der Waals surface area contributed by atoms with Crippen molar-refractivity contribution in [3.8, 4) is 11.5 Å². The van der Waals surface area contributed by atoms with Gasteiger partial charge in [-0.25, -0.2) is 4.79 Å².